The maximum Gasteiger partial charge on any atom is 0.410 e. The van der Waals surface area contributed by atoms with Crippen molar-refractivity contribution in [1.82, 2.24) is 4.90 Å². The Balaban J connectivity index is 1.22. The summed E-state index contributed by atoms with van der Waals surface area (Å²) >= 11 is 1.73. The molecule has 3 heterocycles. The highest BCUT2D eigenvalue weighted by Gasteiger charge is 2.39. The number of carbonyl (C=O) groups excluding carboxylic acids is 1. The van der Waals surface area contributed by atoms with Gasteiger partial charge in [-0.2, -0.15) is 11.3 Å². The van der Waals surface area contributed by atoms with Gasteiger partial charge in [0.1, 0.15) is 6.61 Å². The number of nitrogens with zero attached hydrogens (tertiary/aromatic N) is 1. The van der Waals surface area contributed by atoms with Gasteiger partial charge in [0.2, 0.25) is 0 Å². The number of benzene rings is 2. The summed E-state index contributed by atoms with van der Waals surface area (Å²) in [7, 11) is 0. The van der Waals surface area contributed by atoms with Gasteiger partial charge in [0.25, 0.3) is 0 Å². The number of amides is 1. The minimum Gasteiger partial charge on any atom is -0.448 e. The second-order valence-corrected chi connectivity index (χ2v) is 9.55. The molecule has 1 saturated heterocycles. The highest BCUT2D eigenvalue weighted by Crippen LogP contribution is 2.45. The fourth-order valence-electron chi connectivity index (χ4n) is 5.64. The van der Waals surface area contributed by atoms with Gasteiger partial charge in [-0.25, -0.2) is 4.79 Å². The second-order valence-electron chi connectivity index (χ2n) is 8.77. The van der Waals surface area contributed by atoms with E-state index in [1.165, 1.54) is 39.8 Å². The molecule has 2 atom stereocenters. The van der Waals surface area contributed by atoms with Crippen molar-refractivity contribution in [3.8, 4) is 11.1 Å². The average Bonchev–Trinajstić information content (AvgIpc) is 3.44. The molecule has 0 spiro atoms. The molecule has 0 N–H and O–H groups in total. The van der Waals surface area contributed by atoms with E-state index in [1.54, 1.807) is 11.3 Å². The van der Waals surface area contributed by atoms with E-state index in [2.05, 4.69) is 71.4 Å². The molecule has 2 bridgehead atoms. The van der Waals surface area contributed by atoms with Crippen molar-refractivity contribution >= 4 is 23.0 Å². The van der Waals surface area contributed by atoms with Crippen LogP contribution in [0.2, 0.25) is 0 Å². The summed E-state index contributed by atoms with van der Waals surface area (Å²) in [5.41, 5.74) is 7.74. The smallest absolute Gasteiger partial charge is 0.410 e. The van der Waals surface area contributed by atoms with Crippen LogP contribution < -0.4 is 0 Å². The molecule has 3 nitrogen and oxygen atoms in total. The normalized spacial score (nSPS) is 21.9. The first kappa shape index (κ1) is 18.9. The number of hydrogen-bond acceptors (Lipinski definition) is 3. The molecule has 1 fully saturated rings. The van der Waals surface area contributed by atoms with Crippen molar-refractivity contribution in [1.29, 1.82) is 0 Å². The molecule has 3 aromatic rings. The third-order valence-electron chi connectivity index (χ3n) is 7.08. The van der Waals surface area contributed by atoms with E-state index in [-0.39, 0.29) is 24.1 Å². The van der Waals surface area contributed by atoms with E-state index in [9.17, 15) is 4.79 Å². The van der Waals surface area contributed by atoms with Gasteiger partial charge in [-0.3, -0.25) is 4.90 Å². The molecule has 2 aromatic carbocycles. The van der Waals surface area contributed by atoms with E-state index in [0.717, 1.165) is 19.3 Å². The van der Waals surface area contributed by atoms with Crippen LogP contribution >= 0.6 is 11.3 Å². The monoisotopic (exact) mass is 427 g/mol. The Kier molecular flexibility index (Phi) is 4.68. The van der Waals surface area contributed by atoms with Crippen LogP contribution in [0.1, 0.15) is 48.3 Å². The van der Waals surface area contributed by atoms with Crippen molar-refractivity contribution in [2.75, 3.05) is 6.61 Å². The first-order chi connectivity index (χ1) is 15.3. The maximum atomic E-state index is 13.3. The Labute approximate surface area is 187 Å². The van der Waals surface area contributed by atoms with Gasteiger partial charge in [-0.05, 0) is 75.9 Å². The van der Waals surface area contributed by atoms with E-state index >= 15 is 0 Å². The minimum absolute atomic E-state index is 0.109. The van der Waals surface area contributed by atoms with Crippen LogP contribution in [0, 0.1) is 0 Å². The number of piperidine rings is 1. The topological polar surface area (TPSA) is 29.5 Å². The standard InChI is InChI=1S/C27H25NO2S/c29-27(28-20-6-5-7-21(28)15-19(14-20)18-12-13-31-17-18)30-16-26-24-10-3-1-8-22(24)23-9-2-4-11-25(23)26/h1-4,8-14,17,20-21,26H,5-7,15-16H2. The van der Waals surface area contributed by atoms with Gasteiger partial charge in [0.05, 0.1) is 6.04 Å². The minimum atomic E-state index is -0.155. The number of fused-ring (bicyclic) bond motifs is 5. The molecule has 6 rings (SSSR count). The molecule has 0 saturated carbocycles. The summed E-state index contributed by atoms with van der Waals surface area (Å²) in [6, 6.07) is 19.6. The van der Waals surface area contributed by atoms with Crippen LogP contribution in [0.25, 0.3) is 16.7 Å². The van der Waals surface area contributed by atoms with Gasteiger partial charge in [0.15, 0.2) is 0 Å². The van der Waals surface area contributed by atoms with Gasteiger partial charge in [0, 0.05) is 12.0 Å². The van der Waals surface area contributed by atoms with Crippen LogP contribution in [-0.4, -0.2) is 29.7 Å². The molecule has 0 radical (unpaired) electrons. The summed E-state index contributed by atoms with van der Waals surface area (Å²) in [4.78, 5) is 15.3. The van der Waals surface area contributed by atoms with E-state index in [4.69, 9.17) is 4.74 Å². The molecule has 31 heavy (non-hydrogen) atoms. The number of rotatable bonds is 3. The predicted molar refractivity (Wildman–Crippen MR) is 125 cm³/mol. The molecule has 1 amide bonds. The lowest BCUT2D eigenvalue weighted by atomic mass is 9.84. The molecule has 1 aromatic heterocycles. The molecule has 4 heteroatoms. The number of ether oxygens (including phenoxy) is 1. The zero-order chi connectivity index (χ0) is 20.8. The lowest BCUT2D eigenvalue weighted by Crippen LogP contribution is -2.51. The fraction of sp³-hybridized carbons (Fsp3) is 0.296. The lowest BCUT2D eigenvalue weighted by molar-refractivity contribution is 0.0539. The highest BCUT2D eigenvalue weighted by molar-refractivity contribution is 7.08. The second kappa shape index (κ2) is 7.69. The van der Waals surface area contributed by atoms with Crippen molar-refractivity contribution in [3.05, 3.63) is 88.1 Å². The lowest BCUT2D eigenvalue weighted by Gasteiger charge is -2.44. The Morgan fingerprint density at radius 3 is 2.42 bits per heavy atom. The van der Waals surface area contributed by atoms with Crippen LogP contribution in [0.3, 0.4) is 0 Å². The Morgan fingerprint density at radius 2 is 1.74 bits per heavy atom. The predicted octanol–water partition coefficient (Wildman–Crippen LogP) is 6.71. The SMILES string of the molecule is O=C(OCC1c2ccccc2-c2ccccc21)N1C2C=C(c3ccsc3)CC1CCC2. The summed E-state index contributed by atoms with van der Waals surface area (Å²) < 4.78 is 6.00. The molecule has 156 valence electrons. The first-order valence-electron chi connectivity index (χ1n) is 11.2. The third kappa shape index (κ3) is 3.21. The van der Waals surface area contributed by atoms with Crippen molar-refractivity contribution in [2.45, 2.75) is 43.7 Å². The van der Waals surface area contributed by atoms with Crippen molar-refractivity contribution in [2.24, 2.45) is 0 Å². The fourth-order valence-corrected chi connectivity index (χ4v) is 6.32. The maximum absolute atomic E-state index is 13.3. The van der Waals surface area contributed by atoms with Crippen LogP contribution in [0.4, 0.5) is 4.79 Å². The van der Waals surface area contributed by atoms with Crippen LogP contribution in [-0.2, 0) is 4.74 Å². The van der Waals surface area contributed by atoms with E-state index in [0.29, 0.717) is 6.61 Å². The van der Waals surface area contributed by atoms with Gasteiger partial charge >= 0.3 is 6.09 Å². The van der Waals surface area contributed by atoms with E-state index in [1.807, 2.05) is 4.90 Å². The average molecular weight is 428 g/mol. The molecule has 2 aliphatic heterocycles. The van der Waals surface area contributed by atoms with Crippen LogP contribution in [0.5, 0.6) is 0 Å². The molecular formula is C27H25NO2S. The zero-order valence-corrected chi connectivity index (χ0v) is 18.2. The number of hydrogen-bond donors (Lipinski definition) is 0. The molecular weight excluding hydrogens is 402 g/mol. The van der Waals surface area contributed by atoms with Crippen LogP contribution in [0.15, 0.2) is 71.4 Å². The zero-order valence-electron chi connectivity index (χ0n) is 17.4. The Hall–Kier alpha value is -2.85. The molecule has 2 unspecified atom stereocenters. The molecule has 3 aliphatic rings. The summed E-state index contributed by atoms with van der Waals surface area (Å²) in [6.45, 7) is 0.393. The quantitative estimate of drug-likeness (QED) is 0.465. The summed E-state index contributed by atoms with van der Waals surface area (Å²) in [5.74, 6) is 0.109. The van der Waals surface area contributed by atoms with Crippen molar-refractivity contribution in [3.63, 3.8) is 0 Å². The van der Waals surface area contributed by atoms with Gasteiger partial charge < -0.3 is 4.74 Å². The Bertz CT molecular complexity index is 1100. The molecule has 1 aliphatic carbocycles. The number of thiophene rings is 1. The largest absolute Gasteiger partial charge is 0.448 e. The van der Waals surface area contributed by atoms with Crippen molar-refractivity contribution < 1.29 is 9.53 Å². The number of carbonyl (C=O) groups is 1. The van der Waals surface area contributed by atoms with E-state index < -0.39 is 0 Å². The highest BCUT2D eigenvalue weighted by atomic mass is 32.1. The summed E-state index contributed by atoms with van der Waals surface area (Å²) in [6.07, 6.45) is 6.33. The Morgan fingerprint density at radius 1 is 1.00 bits per heavy atom. The van der Waals surface area contributed by atoms with Gasteiger partial charge in [-0.15, -0.1) is 0 Å². The first-order valence-corrected chi connectivity index (χ1v) is 12.1. The third-order valence-corrected chi connectivity index (χ3v) is 7.76. The summed E-state index contributed by atoms with van der Waals surface area (Å²) in [5, 5.41) is 4.34. The van der Waals surface area contributed by atoms with Gasteiger partial charge in [-0.1, -0.05) is 54.6 Å².